The number of carbonyl (C=O) groups is 1. The molecule has 0 amide bonds. The maximum atomic E-state index is 13.4. The van der Waals surface area contributed by atoms with Crippen molar-refractivity contribution in [3.8, 4) is 0 Å². The van der Waals surface area contributed by atoms with Crippen molar-refractivity contribution in [2.24, 2.45) is 0 Å². The van der Waals surface area contributed by atoms with Crippen molar-refractivity contribution >= 4 is 5.78 Å². The number of carbonyl (C=O) groups excluding carboxylic acids is 1. The second-order valence-corrected chi connectivity index (χ2v) is 4.03. The molecule has 0 aliphatic carbocycles. The fourth-order valence-corrected chi connectivity index (χ4v) is 1.59. The molecular formula is C13H10F2N2O2. The van der Waals surface area contributed by atoms with Gasteiger partial charge in [0.1, 0.15) is 11.6 Å². The number of aryl methyl sites for hydroxylation is 1. The molecule has 1 heterocycles. The van der Waals surface area contributed by atoms with E-state index < -0.39 is 23.1 Å². The molecule has 98 valence electrons. The zero-order chi connectivity index (χ0) is 14.0. The molecule has 0 bridgehead atoms. The second kappa shape index (κ2) is 5.09. The monoisotopic (exact) mass is 264 g/mol. The number of hydrogen-bond donors (Lipinski definition) is 0. The Morgan fingerprint density at radius 3 is 2.68 bits per heavy atom. The van der Waals surface area contributed by atoms with Gasteiger partial charge in [-0.3, -0.25) is 9.36 Å². The molecule has 0 radical (unpaired) electrons. The Kier molecular flexibility index (Phi) is 3.50. The van der Waals surface area contributed by atoms with Crippen molar-refractivity contribution in [3.63, 3.8) is 0 Å². The van der Waals surface area contributed by atoms with Crippen LogP contribution in [0.15, 0.2) is 35.3 Å². The predicted octanol–water partition coefficient (Wildman–Crippen LogP) is 1.71. The summed E-state index contributed by atoms with van der Waals surface area (Å²) in [5, 5.41) is 0. The Labute approximate surface area is 107 Å². The Morgan fingerprint density at radius 1 is 1.32 bits per heavy atom. The first-order valence-corrected chi connectivity index (χ1v) is 5.50. The van der Waals surface area contributed by atoms with E-state index in [0.717, 1.165) is 16.7 Å². The van der Waals surface area contributed by atoms with Gasteiger partial charge in [0.05, 0.1) is 12.1 Å². The molecule has 0 N–H and O–H groups in total. The fourth-order valence-electron chi connectivity index (χ4n) is 1.59. The van der Waals surface area contributed by atoms with Gasteiger partial charge in [-0.05, 0) is 25.1 Å². The average Bonchev–Trinajstić information content (AvgIpc) is 2.32. The lowest BCUT2D eigenvalue weighted by Gasteiger charge is -2.05. The van der Waals surface area contributed by atoms with Crippen molar-refractivity contribution in [2.75, 3.05) is 0 Å². The van der Waals surface area contributed by atoms with E-state index in [-0.39, 0.29) is 12.1 Å². The summed E-state index contributed by atoms with van der Waals surface area (Å²) in [5.74, 6) is -2.33. The van der Waals surface area contributed by atoms with Crippen molar-refractivity contribution in [1.29, 1.82) is 0 Å². The van der Waals surface area contributed by atoms with Crippen LogP contribution >= 0.6 is 0 Å². The van der Waals surface area contributed by atoms with Crippen molar-refractivity contribution in [2.45, 2.75) is 13.5 Å². The summed E-state index contributed by atoms with van der Waals surface area (Å²) < 4.78 is 27.2. The third kappa shape index (κ3) is 2.90. The van der Waals surface area contributed by atoms with Crippen LogP contribution in [0.3, 0.4) is 0 Å². The zero-order valence-corrected chi connectivity index (χ0v) is 10.1. The Bertz CT molecular complexity index is 695. The minimum atomic E-state index is -0.946. The fraction of sp³-hybridized carbons (Fsp3) is 0.154. The summed E-state index contributed by atoms with van der Waals surface area (Å²) in [5.41, 5.74) is -0.314. The van der Waals surface area contributed by atoms with Gasteiger partial charge in [0.15, 0.2) is 5.78 Å². The minimum absolute atomic E-state index is 0.256. The van der Waals surface area contributed by atoms with Crippen LogP contribution in [-0.4, -0.2) is 15.3 Å². The quantitative estimate of drug-likeness (QED) is 0.793. The van der Waals surface area contributed by atoms with E-state index in [0.29, 0.717) is 11.8 Å². The van der Waals surface area contributed by atoms with Crippen LogP contribution in [0.25, 0.3) is 0 Å². The van der Waals surface area contributed by atoms with Gasteiger partial charge in [0.25, 0.3) is 0 Å². The number of nitrogens with zero attached hydrogens (tertiary/aromatic N) is 2. The predicted molar refractivity (Wildman–Crippen MR) is 63.9 cm³/mol. The van der Waals surface area contributed by atoms with Crippen LogP contribution in [0, 0.1) is 18.6 Å². The second-order valence-electron chi connectivity index (χ2n) is 4.03. The van der Waals surface area contributed by atoms with E-state index in [1.165, 1.54) is 6.20 Å². The number of aromatic nitrogens is 2. The van der Waals surface area contributed by atoms with Crippen molar-refractivity contribution in [3.05, 3.63) is 63.8 Å². The molecule has 4 nitrogen and oxygen atoms in total. The van der Waals surface area contributed by atoms with Crippen molar-refractivity contribution in [1.82, 2.24) is 9.55 Å². The standard InChI is InChI=1S/C13H10F2N2O2/c1-8-4-5-17(13(19)16-8)7-12(18)10-3-2-9(14)6-11(10)15/h2-6H,7H2,1H3. The highest BCUT2D eigenvalue weighted by molar-refractivity contribution is 5.96. The van der Waals surface area contributed by atoms with E-state index in [1.54, 1.807) is 13.0 Å². The Balaban J connectivity index is 2.28. The van der Waals surface area contributed by atoms with Crippen LogP contribution in [0.1, 0.15) is 16.1 Å². The molecule has 1 aromatic carbocycles. The van der Waals surface area contributed by atoms with Gasteiger partial charge in [-0.2, -0.15) is 4.98 Å². The zero-order valence-electron chi connectivity index (χ0n) is 10.1. The van der Waals surface area contributed by atoms with Crippen LogP contribution in [-0.2, 0) is 6.54 Å². The lowest BCUT2D eigenvalue weighted by atomic mass is 10.1. The molecule has 0 aliphatic rings. The smallest absolute Gasteiger partial charge is 0.292 e. The number of halogens is 2. The molecule has 19 heavy (non-hydrogen) atoms. The van der Waals surface area contributed by atoms with Crippen LogP contribution in [0.5, 0.6) is 0 Å². The van der Waals surface area contributed by atoms with Crippen molar-refractivity contribution < 1.29 is 13.6 Å². The molecule has 2 rings (SSSR count). The lowest BCUT2D eigenvalue weighted by Crippen LogP contribution is -2.26. The molecule has 2 aromatic rings. The molecule has 0 saturated carbocycles. The first kappa shape index (κ1) is 13.1. The Hall–Kier alpha value is -2.37. The number of hydrogen-bond acceptors (Lipinski definition) is 3. The van der Waals surface area contributed by atoms with Crippen LogP contribution < -0.4 is 5.69 Å². The molecule has 0 atom stereocenters. The van der Waals surface area contributed by atoms with E-state index in [2.05, 4.69) is 4.98 Å². The summed E-state index contributed by atoms with van der Waals surface area (Å²) in [7, 11) is 0. The van der Waals surface area contributed by atoms with Gasteiger partial charge in [0.2, 0.25) is 0 Å². The van der Waals surface area contributed by atoms with Gasteiger partial charge in [-0.1, -0.05) is 0 Å². The summed E-state index contributed by atoms with van der Waals surface area (Å²) in [6, 6.07) is 4.24. The normalized spacial score (nSPS) is 10.5. The lowest BCUT2D eigenvalue weighted by molar-refractivity contribution is 0.0966. The molecule has 6 heteroatoms. The number of ketones is 1. The highest BCUT2D eigenvalue weighted by Crippen LogP contribution is 2.10. The molecule has 0 saturated heterocycles. The SMILES string of the molecule is Cc1ccn(CC(=O)c2ccc(F)cc2F)c(=O)n1. The number of rotatable bonds is 3. The number of benzene rings is 1. The highest BCUT2D eigenvalue weighted by atomic mass is 19.1. The van der Waals surface area contributed by atoms with Gasteiger partial charge in [-0.15, -0.1) is 0 Å². The van der Waals surface area contributed by atoms with E-state index >= 15 is 0 Å². The largest absolute Gasteiger partial charge is 0.348 e. The summed E-state index contributed by atoms with van der Waals surface area (Å²) in [6.45, 7) is 1.31. The van der Waals surface area contributed by atoms with E-state index in [9.17, 15) is 18.4 Å². The minimum Gasteiger partial charge on any atom is -0.292 e. The third-order valence-electron chi connectivity index (χ3n) is 2.56. The molecule has 0 aliphatic heterocycles. The molecule has 0 fully saturated rings. The molecule has 1 aromatic heterocycles. The molecular weight excluding hydrogens is 254 g/mol. The van der Waals surface area contributed by atoms with E-state index in [4.69, 9.17) is 0 Å². The number of Topliss-reactive ketones (excluding diaryl/α,β-unsaturated/α-hetero) is 1. The summed E-state index contributed by atoms with van der Waals surface area (Å²) in [4.78, 5) is 27.0. The third-order valence-corrected chi connectivity index (χ3v) is 2.56. The first-order valence-electron chi connectivity index (χ1n) is 5.50. The topological polar surface area (TPSA) is 52.0 Å². The van der Waals surface area contributed by atoms with Gasteiger partial charge >= 0.3 is 5.69 Å². The van der Waals surface area contributed by atoms with Gasteiger partial charge in [-0.25, -0.2) is 13.6 Å². The molecule has 0 spiro atoms. The summed E-state index contributed by atoms with van der Waals surface area (Å²) in [6.07, 6.45) is 1.41. The first-order chi connectivity index (χ1) is 8.97. The van der Waals surface area contributed by atoms with Gasteiger partial charge < -0.3 is 0 Å². The molecule has 0 unspecified atom stereocenters. The van der Waals surface area contributed by atoms with Crippen LogP contribution in [0.2, 0.25) is 0 Å². The van der Waals surface area contributed by atoms with Gasteiger partial charge in [0, 0.05) is 18.0 Å². The highest BCUT2D eigenvalue weighted by Gasteiger charge is 2.13. The maximum absolute atomic E-state index is 13.4. The average molecular weight is 264 g/mol. The van der Waals surface area contributed by atoms with Crippen LogP contribution in [0.4, 0.5) is 8.78 Å². The van der Waals surface area contributed by atoms with E-state index in [1.807, 2.05) is 0 Å². The maximum Gasteiger partial charge on any atom is 0.348 e. The summed E-state index contributed by atoms with van der Waals surface area (Å²) >= 11 is 0. The Morgan fingerprint density at radius 2 is 2.05 bits per heavy atom.